The first-order valence-electron chi connectivity index (χ1n) is 5.57. The zero-order valence-electron chi connectivity index (χ0n) is 10.7. The van der Waals surface area contributed by atoms with Crippen molar-refractivity contribution in [2.24, 2.45) is 5.73 Å². The molecule has 3 N–H and O–H groups in total. The summed E-state index contributed by atoms with van der Waals surface area (Å²) in [6.07, 6.45) is 0. The van der Waals surface area contributed by atoms with Crippen LogP contribution in [0.4, 0.5) is 4.39 Å². The fourth-order valence-corrected chi connectivity index (χ4v) is 1.34. The molecular formula is C13H19FN2O. The second-order valence-electron chi connectivity index (χ2n) is 4.93. The smallest absolute Gasteiger partial charge is 0.239 e. The molecule has 1 aromatic carbocycles. The number of rotatable bonds is 3. The lowest BCUT2D eigenvalue weighted by atomic mass is 10.0. The van der Waals surface area contributed by atoms with E-state index in [0.29, 0.717) is 5.56 Å². The lowest BCUT2D eigenvalue weighted by molar-refractivity contribution is -0.125. The van der Waals surface area contributed by atoms with Crippen LogP contribution in [0.25, 0.3) is 0 Å². The first kappa shape index (κ1) is 13.6. The third kappa shape index (κ3) is 3.53. The first-order valence-corrected chi connectivity index (χ1v) is 5.57. The summed E-state index contributed by atoms with van der Waals surface area (Å²) in [5.74, 6) is -0.526. The standard InChI is InChI=1S/C13H19FN2O/c1-8-5-6-10(7-11(8)14)9(2)16-12(17)13(3,4)15/h5-7,9H,15H2,1-4H3,(H,16,17). The Bertz CT molecular complexity index is 424. The van der Waals surface area contributed by atoms with Crippen LogP contribution in [-0.2, 0) is 4.79 Å². The summed E-state index contributed by atoms with van der Waals surface area (Å²) in [6.45, 7) is 6.76. The van der Waals surface area contributed by atoms with Crippen LogP contribution < -0.4 is 11.1 Å². The third-order valence-corrected chi connectivity index (χ3v) is 2.63. The second kappa shape index (κ2) is 4.84. The fourth-order valence-electron chi connectivity index (χ4n) is 1.34. The minimum Gasteiger partial charge on any atom is -0.348 e. The Morgan fingerprint density at radius 2 is 2.06 bits per heavy atom. The highest BCUT2D eigenvalue weighted by Crippen LogP contribution is 2.16. The summed E-state index contributed by atoms with van der Waals surface area (Å²) in [5.41, 5.74) is 6.06. The van der Waals surface area contributed by atoms with E-state index in [-0.39, 0.29) is 17.8 Å². The average Bonchev–Trinajstić information content (AvgIpc) is 2.20. The summed E-state index contributed by atoms with van der Waals surface area (Å²) >= 11 is 0. The third-order valence-electron chi connectivity index (χ3n) is 2.63. The number of amides is 1. The van der Waals surface area contributed by atoms with E-state index in [1.54, 1.807) is 39.8 Å². The monoisotopic (exact) mass is 238 g/mol. The number of nitrogens with two attached hydrogens (primary N) is 1. The minimum absolute atomic E-state index is 0.258. The van der Waals surface area contributed by atoms with Gasteiger partial charge in [-0.1, -0.05) is 12.1 Å². The molecule has 0 spiro atoms. The maximum Gasteiger partial charge on any atom is 0.239 e. The quantitative estimate of drug-likeness (QED) is 0.846. The van der Waals surface area contributed by atoms with Crippen molar-refractivity contribution in [1.82, 2.24) is 5.32 Å². The Hall–Kier alpha value is -1.42. The molecule has 17 heavy (non-hydrogen) atoms. The zero-order valence-corrected chi connectivity index (χ0v) is 10.7. The molecule has 0 aliphatic rings. The van der Waals surface area contributed by atoms with Crippen molar-refractivity contribution in [2.75, 3.05) is 0 Å². The van der Waals surface area contributed by atoms with Crippen molar-refractivity contribution in [3.05, 3.63) is 35.1 Å². The van der Waals surface area contributed by atoms with E-state index in [4.69, 9.17) is 5.73 Å². The molecular weight excluding hydrogens is 219 g/mol. The molecule has 0 fully saturated rings. The molecule has 4 heteroatoms. The van der Waals surface area contributed by atoms with Crippen LogP contribution in [-0.4, -0.2) is 11.4 Å². The predicted octanol–water partition coefficient (Wildman–Crippen LogP) is 2.05. The molecule has 0 saturated heterocycles. The van der Waals surface area contributed by atoms with E-state index in [0.717, 1.165) is 5.56 Å². The topological polar surface area (TPSA) is 55.1 Å². The van der Waals surface area contributed by atoms with Crippen molar-refractivity contribution < 1.29 is 9.18 Å². The van der Waals surface area contributed by atoms with Crippen molar-refractivity contribution in [2.45, 2.75) is 39.3 Å². The SMILES string of the molecule is Cc1ccc(C(C)NC(=O)C(C)(C)N)cc1F. The molecule has 0 radical (unpaired) electrons. The lowest BCUT2D eigenvalue weighted by Crippen LogP contribution is -2.49. The van der Waals surface area contributed by atoms with Crippen molar-refractivity contribution in [1.29, 1.82) is 0 Å². The highest BCUT2D eigenvalue weighted by atomic mass is 19.1. The van der Waals surface area contributed by atoms with Gasteiger partial charge in [0.15, 0.2) is 0 Å². The van der Waals surface area contributed by atoms with E-state index in [1.807, 2.05) is 0 Å². The Morgan fingerprint density at radius 3 is 2.53 bits per heavy atom. The van der Waals surface area contributed by atoms with Crippen LogP contribution in [0, 0.1) is 12.7 Å². The van der Waals surface area contributed by atoms with E-state index in [2.05, 4.69) is 5.32 Å². The largest absolute Gasteiger partial charge is 0.348 e. The number of nitrogens with one attached hydrogen (secondary N) is 1. The molecule has 0 saturated carbocycles. The summed E-state index contributed by atoms with van der Waals surface area (Å²) in [4.78, 5) is 11.7. The number of carbonyl (C=O) groups excluding carboxylic acids is 1. The van der Waals surface area contributed by atoms with E-state index < -0.39 is 5.54 Å². The van der Waals surface area contributed by atoms with Crippen LogP contribution in [0.15, 0.2) is 18.2 Å². The van der Waals surface area contributed by atoms with Crippen LogP contribution in [0.3, 0.4) is 0 Å². The van der Waals surface area contributed by atoms with Gasteiger partial charge in [0.25, 0.3) is 0 Å². The molecule has 1 aromatic rings. The van der Waals surface area contributed by atoms with Gasteiger partial charge in [0.05, 0.1) is 11.6 Å². The summed E-state index contributed by atoms with van der Waals surface area (Å²) < 4.78 is 13.4. The van der Waals surface area contributed by atoms with Gasteiger partial charge in [-0.25, -0.2) is 4.39 Å². The molecule has 1 atom stereocenters. The molecule has 0 heterocycles. The molecule has 1 rings (SSSR count). The van der Waals surface area contributed by atoms with Gasteiger partial charge in [-0.3, -0.25) is 4.79 Å². The Kier molecular flexibility index (Phi) is 3.88. The van der Waals surface area contributed by atoms with Crippen LogP contribution in [0.2, 0.25) is 0 Å². The zero-order chi connectivity index (χ0) is 13.2. The highest BCUT2D eigenvalue weighted by molar-refractivity contribution is 5.85. The van der Waals surface area contributed by atoms with E-state index >= 15 is 0 Å². The lowest BCUT2D eigenvalue weighted by Gasteiger charge is -2.22. The minimum atomic E-state index is -0.933. The van der Waals surface area contributed by atoms with Crippen LogP contribution in [0.5, 0.6) is 0 Å². The van der Waals surface area contributed by atoms with Crippen LogP contribution in [0.1, 0.15) is 37.9 Å². The van der Waals surface area contributed by atoms with Gasteiger partial charge in [0, 0.05) is 0 Å². The Morgan fingerprint density at radius 1 is 1.47 bits per heavy atom. The van der Waals surface area contributed by atoms with Gasteiger partial charge in [-0.15, -0.1) is 0 Å². The fraction of sp³-hybridized carbons (Fsp3) is 0.462. The molecule has 0 aliphatic carbocycles. The van der Waals surface area contributed by atoms with Gasteiger partial charge in [0.1, 0.15) is 5.82 Å². The molecule has 0 bridgehead atoms. The molecule has 3 nitrogen and oxygen atoms in total. The summed E-state index contributed by atoms with van der Waals surface area (Å²) in [6, 6.07) is 4.66. The highest BCUT2D eigenvalue weighted by Gasteiger charge is 2.23. The van der Waals surface area contributed by atoms with Crippen molar-refractivity contribution >= 4 is 5.91 Å². The molecule has 1 unspecified atom stereocenters. The summed E-state index contributed by atoms with van der Waals surface area (Å²) in [5, 5.41) is 2.75. The summed E-state index contributed by atoms with van der Waals surface area (Å²) in [7, 11) is 0. The molecule has 0 aliphatic heterocycles. The molecule has 94 valence electrons. The maximum atomic E-state index is 13.4. The number of carbonyl (C=O) groups is 1. The van der Waals surface area contributed by atoms with Gasteiger partial charge in [-0.05, 0) is 44.9 Å². The van der Waals surface area contributed by atoms with Gasteiger partial charge >= 0.3 is 0 Å². The van der Waals surface area contributed by atoms with Crippen molar-refractivity contribution in [3.63, 3.8) is 0 Å². The maximum absolute atomic E-state index is 13.4. The number of aryl methyl sites for hydroxylation is 1. The molecule has 0 aromatic heterocycles. The number of halogens is 1. The Labute approximate surface area is 101 Å². The Balaban J connectivity index is 2.80. The van der Waals surface area contributed by atoms with Gasteiger partial charge in [-0.2, -0.15) is 0 Å². The first-order chi connectivity index (χ1) is 7.71. The van der Waals surface area contributed by atoms with Crippen LogP contribution >= 0.6 is 0 Å². The average molecular weight is 238 g/mol. The second-order valence-corrected chi connectivity index (χ2v) is 4.93. The predicted molar refractivity (Wildman–Crippen MR) is 66.0 cm³/mol. The van der Waals surface area contributed by atoms with E-state index in [9.17, 15) is 9.18 Å². The number of hydrogen-bond donors (Lipinski definition) is 2. The van der Waals surface area contributed by atoms with Crippen molar-refractivity contribution in [3.8, 4) is 0 Å². The van der Waals surface area contributed by atoms with Gasteiger partial charge in [0.2, 0.25) is 5.91 Å². The number of hydrogen-bond acceptors (Lipinski definition) is 2. The normalized spacial score (nSPS) is 13.3. The number of benzene rings is 1. The van der Waals surface area contributed by atoms with Gasteiger partial charge < -0.3 is 11.1 Å². The van der Waals surface area contributed by atoms with E-state index in [1.165, 1.54) is 6.07 Å². The molecule has 1 amide bonds.